The second-order valence-electron chi connectivity index (χ2n) is 5.64. The van der Waals surface area contributed by atoms with E-state index >= 15 is 0 Å². The summed E-state index contributed by atoms with van der Waals surface area (Å²) in [5.41, 5.74) is 1.36. The molecule has 0 radical (unpaired) electrons. The van der Waals surface area contributed by atoms with Gasteiger partial charge in [-0.1, -0.05) is 0 Å². The number of hydrogen-bond acceptors (Lipinski definition) is 5. The van der Waals surface area contributed by atoms with E-state index in [4.69, 9.17) is 5.11 Å². The molecular formula is C14H19N5O2. The first kappa shape index (κ1) is 13.8. The van der Waals surface area contributed by atoms with E-state index < -0.39 is 5.97 Å². The summed E-state index contributed by atoms with van der Waals surface area (Å²) in [6.07, 6.45) is 1.01. The summed E-state index contributed by atoms with van der Waals surface area (Å²) in [7, 11) is 4.19. The summed E-state index contributed by atoms with van der Waals surface area (Å²) in [4.78, 5) is 27.0. The highest BCUT2D eigenvalue weighted by Gasteiger charge is 2.25. The van der Waals surface area contributed by atoms with Gasteiger partial charge in [0.25, 0.3) is 0 Å². The topological polar surface area (TPSA) is 85.4 Å². The molecular weight excluding hydrogens is 270 g/mol. The zero-order chi connectivity index (χ0) is 15.0. The molecule has 7 nitrogen and oxygen atoms in total. The molecule has 2 N–H and O–H groups in total. The van der Waals surface area contributed by atoms with Crippen LogP contribution in [0.5, 0.6) is 0 Å². The summed E-state index contributed by atoms with van der Waals surface area (Å²) in [5, 5.41) is 8.81. The Morgan fingerprint density at radius 1 is 1.48 bits per heavy atom. The molecule has 2 aromatic rings. The third-order valence-corrected chi connectivity index (χ3v) is 3.91. The number of carbonyl (C=O) groups is 1. The molecule has 0 aromatic carbocycles. The van der Waals surface area contributed by atoms with Gasteiger partial charge in [0.2, 0.25) is 0 Å². The van der Waals surface area contributed by atoms with Crippen LogP contribution in [-0.4, -0.2) is 64.2 Å². The Morgan fingerprint density at radius 3 is 2.95 bits per heavy atom. The fraction of sp³-hybridized carbons (Fsp3) is 0.500. The van der Waals surface area contributed by atoms with Gasteiger partial charge in [-0.25, -0.2) is 9.97 Å². The number of anilines is 1. The first-order chi connectivity index (χ1) is 10.0. The molecule has 1 atom stereocenters. The Balaban J connectivity index is 1.82. The van der Waals surface area contributed by atoms with Gasteiger partial charge in [-0.15, -0.1) is 0 Å². The van der Waals surface area contributed by atoms with E-state index in [1.165, 1.54) is 0 Å². The summed E-state index contributed by atoms with van der Waals surface area (Å²) < 4.78 is 0. The molecule has 1 aliphatic rings. The van der Waals surface area contributed by atoms with Crippen molar-refractivity contribution in [2.75, 3.05) is 32.1 Å². The van der Waals surface area contributed by atoms with Gasteiger partial charge in [-0.05, 0) is 32.6 Å². The summed E-state index contributed by atoms with van der Waals surface area (Å²) in [5.74, 6) is 0.453. The minimum absolute atomic E-state index is 0.113. The molecule has 21 heavy (non-hydrogen) atoms. The normalized spacial score (nSPS) is 18.8. The largest absolute Gasteiger partial charge is 0.481 e. The average molecular weight is 289 g/mol. The second kappa shape index (κ2) is 5.33. The minimum atomic E-state index is -0.900. The van der Waals surface area contributed by atoms with Crippen molar-refractivity contribution in [3.8, 4) is 0 Å². The van der Waals surface area contributed by atoms with E-state index in [9.17, 15) is 4.79 Å². The Morgan fingerprint density at radius 2 is 2.29 bits per heavy atom. The number of carboxylic acids is 1. The first-order valence-electron chi connectivity index (χ1n) is 7.02. The number of aromatic nitrogens is 3. The van der Waals surface area contributed by atoms with Gasteiger partial charge < -0.3 is 19.9 Å². The van der Waals surface area contributed by atoms with Crippen LogP contribution >= 0.6 is 0 Å². The molecule has 0 amide bonds. The highest BCUT2D eigenvalue weighted by molar-refractivity contribution is 5.75. The number of rotatable bonds is 4. The smallest absolute Gasteiger partial charge is 0.311 e. The van der Waals surface area contributed by atoms with Crippen LogP contribution in [0.3, 0.4) is 0 Å². The molecule has 7 heteroatoms. The van der Waals surface area contributed by atoms with Crippen LogP contribution in [0.1, 0.15) is 12.2 Å². The maximum absolute atomic E-state index is 10.7. The molecule has 0 spiro atoms. The zero-order valence-electron chi connectivity index (χ0n) is 12.2. The predicted molar refractivity (Wildman–Crippen MR) is 79.5 cm³/mol. The van der Waals surface area contributed by atoms with E-state index in [-0.39, 0.29) is 6.42 Å². The average Bonchev–Trinajstić information content (AvgIpc) is 3.02. The number of fused-ring (bicyclic) bond motifs is 1. The molecule has 1 aliphatic heterocycles. The minimum Gasteiger partial charge on any atom is -0.481 e. The lowest BCUT2D eigenvalue weighted by atomic mass is 10.2. The number of carboxylic acid groups (broad SMARTS) is 1. The fourth-order valence-corrected chi connectivity index (χ4v) is 2.71. The van der Waals surface area contributed by atoms with Gasteiger partial charge in [0, 0.05) is 19.1 Å². The predicted octanol–water partition coefficient (Wildman–Crippen LogP) is 0.725. The van der Waals surface area contributed by atoms with Gasteiger partial charge in [0.15, 0.2) is 5.65 Å². The fourth-order valence-electron chi connectivity index (χ4n) is 2.71. The van der Waals surface area contributed by atoms with Crippen LogP contribution in [-0.2, 0) is 11.2 Å². The third-order valence-electron chi connectivity index (χ3n) is 3.91. The molecule has 1 saturated heterocycles. The number of hydrogen-bond donors (Lipinski definition) is 2. The van der Waals surface area contributed by atoms with Gasteiger partial charge in [-0.2, -0.15) is 0 Å². The van der Waals surface area contributed by atoms with Crippen molar-refractivity contribution >= 4 is 23.0 Å². The summed E-state index contributed by atoms with van der Waals surface area (Å²) in [6.45, 7) is 1.94. The van der Waals surface area contributed by atoms with Crippen LogP contribution < -0.4 is 4.90 Å². The molecule has 3 rings (SSSR count). The summed E-state index contributed by atoms with van der Waals surface area (Å²) >= 11 is 0. The SMILES string of the molecule is CN(C)C1CCN(c2ccc3nc(CC(=O)O)[nH]c3n2)C1. The lowest BCUT2D eigenvalue weighted by Crippen LogP contribution is -2.31. The van der Waals surface area contributed by atoms with Crippen molar-refractivity contribution in [3.05, 3.63) is 18.0 Å². The number of likely N-dealkylation sites (N-methyl/N-ethyl adjacent to an activating group) is 1. The molecule has 112 valence electrons. The number of imidazole rings is 1. The third kappa shape index (κ3) is 2.82. The lowest BCUT2D eigenvalue weighted by molar-refractivity contribution is -0.136. The Labute approximate surface area is 122 Å². The number of nitrogens with zero attached hydrogens (tertiary/aromatic N) is 4. The van der Waals surface area contributed by atoms with E-state index in [2.05, 4.69) is 38.8 Å². The van der Waals surface area contributed by atoms with E-state index in [0.717, 1.165) is 25.3 Å². The molecule has 1 fully saturated rings. The number of aromatic amines is 1. The zero-order valence-corrected chi connectivity index (χ0v) is 12.2. The van der Waals surface area contributed by atoms with Gasteiger partial charge in [0.05, 0.1) is 0 Å². The van der Waals surface area contributed by atoms with Crippen molar-refractivity contribution in [1.82, 2.24) is 19.9 Å². The molecule has 0 saturated carbocycles. The van der Waals surface area contributed by atoms with E-state index in [1.54, 1.807) is 0 Å². The molecule has 0 bridgehead atoms. The summed E-state index contributed by atoms with van der Waals surface area (Å²) in [6, 6.07) is 4.39. The molecule has 0 aliphatic carbocycles. The van der Waals surface area contributed by atoms with Gasteiger partial charge >= 0.3 is 5.97 Å². The Kier molecular flexibility index (Phi) is 3.50. The van der Waals surface area contributed by atoms with Crippen LogP contribution in [0, 0.1) is 0 Å². The van der Waals surface area contributed by atoms with Crippen molar-refractivity contribution in [2.24, 2.45) is 0 Å². The van der Waals surface area contributed by atoms with Crippen molar-refractivity contribution in [3.63, 3.8) is 0 Å². The van der Waals surface area contributed by atoms with Crippen LogP contribution in [0.2, 0.25) is 0 Å². The standard InChI is InChI=1S/C14H19N5O2/c1-18(2)9-5-6-19(8-9)12-4-3-10-14(17-12)16-11(15-10)7-13(20)21/h3-4,9H,5-8H2,1-2H3,(H,20,21)(H,15,16,17). The highest BCUT2D eigenvalue weighted by Crippen LogP contribution is 2.22. The van der Waals surface area contributed by atoms with E-state index in [0.29, 0.717) is 23.0 Å². The number of nitrogens with one attached hydrogen (secondary N) is 1. The maximum Gasteiger partial charge on any atom is 0.311 e. The van der Waals surface area contributed by atoms with Crippen molar-refractivity contribution < 1.29 is 9.90 Å². The number of H-pyrrole nitrogens is 1. The van der Waals surface area contributed by atoms with Crippen molar-refractivity contribution in [1.29, 1.82) is 0 Å². The maximum atomic E-state index is 10.7. The second-order valence-corrected chi connectivity index (χ2v) is 5.64. The van der Waals surface area contributed by atoms with Gasteiger partial charge in [0.1, 0.15) is 23.6 Å². The Bertz CT molecular complexity index is 666. The first-order valence-corrected chi connectivity index (χ1v) is 7.02. The highest BCUT2D eigenvalue weighted by atomic mass is 16.4. The van der Waals surface area contributed by atoms with E-state index in [1.807, 2.05) is 12.1 Å². The lowest BCUT2D eigenvalue weighted by Gasteiger charge is -2.20. The van der Waals surface area contributed by atoms with Gasteiger partial charge in [-0.3, -0.25) is 4.79 Å². The monoisotopic (exact) mass is 289 g/mol. The molecule has 2 aromatic heterocycles. The number of pyridine rings is 1. The quantitative estimate of drug-likeness (QED) is 0.863. The van der Waals surface area contributed by atoms with Crippen LogP contribution in [0.4, 0.5) is 5.82 Å². The molecule has 3 heterocycles. The Hall–Kier alpha value is -2.15. The van der Waals surface area contributed by atoms with Crippen LogP contribution in [0.25, 0.3) is 11.2 Å². The van der Waals surface area contributed by atoms with Crippen LogP contribution in [0.15, 0.2) is 12.1 Å². The number of aliphatic carboxylic acids is 1. The van der Waals surface area contributed by atoms with Crippen molar-refractivity contribution in [2.45, 2.75) is 18.9 Å². The molecule has 1 unspecified atom stereocenters.